The Morgan fingerprint density at radius 3 is 1.92 bits per heavy atom. The molecule has 2 fully saturated rings. The van der Waals surface area contributed by atoms with Gasteiger partial charge in [-0.3, -0.25) is 4.57 Å². The van der Waals surface area contributed by atoms with Crippen LogP contribution >= 0.6 is 15.9 Å². The normalized spacial score (nSPS) is 37.2. The van der Waals surface area contributed by atoms with E-state index in [0.29, 0.717) is 35.5 Å². The van der Waals surface area contributed by atoms with E-state index in [1.54, 1.807) is 4.57 Å². The fourth-order valence-corrected chi connectivity index (χ4v) is 6.65. The van der Waals surface area contributed by atoms with Gasteiger partial charge in [0.2, 0.25) is 11.8 Å². The van der Waals surface area contributed by atoms with Gasteiger partial charge in [0.1, 0.15) is 0 Å². The fraction of sp³-hybridized carbons (Fsp3) is 0.400. The molecule has 2 aromatic rings. The summed E-state index contributed by atoms with van der Waals surface area (Å²) >= 11 is 3.44. The highest BCUT2D eigenvalue weighted by molar-refractivity contribution is 9.10. The Bertz CT molecular complexity index is 850. The third-order valence-corrected chi connectivity index (χ3v) is 7.57. The second-order valence-corrected chi connectivity index (χ2v) is 8.75. The van der Waals surface area contributed by atoms with Gasteiger partial charge in [-0.15, -0.1) is 0 Å². The molecule has 4 aliphatic rings. The molecule has 2 N–H and O–H groups in total. The number of nitrogens with zero attached hydrogens (tertiary/aromatic N) is 1. The van der Waals surface area contributed by atoms with Crippen molar-refractivity contribution in [2.75, 3.05) is 0 Å². The highest BCUT2D eigenvalue weighted by Gasteiger charge is 2.62. The number of hydrogen-bond acceptors (Lipinski definition) is 2. The summed E-state index contributed by atoms with van der Waals surface area (Å²) in [5.41, 5.74) is 2.87. The lowest BCUT2D eigenvalue weighted by Gasteiger charge is -2.31. The van der Waals surface area contributed by atoms with Crippen LogP contribution in [0.25, 0.3) is 5.69 Å². The third kappa shape index (κ3) is 1.41. The van der Waals surface area contributed by atoms with E-state index < -0.39 is 0 Å². The van der Waals surface area contributed by atoms with Gasteiger partial charge in [-0.25, -0.2) is 0 Å². The maximum absolute atomic E-state index is 10.9. The molecule has 24 heavy (non-hydrogen) atoms. The Morgan fingerprint density at radius 1 is 0.833 bits per heavy atom. The first kappa shape index (κ1) is 13.6. The molecule has 1 aromatic heterocycles. The number of aromatic nitrogens is 1. The minimum Gasteiger partial charge on any atom is -0.494 e. The zero-order valence-corrected chi connectivity index (χ0v) is 14.6. The summed E-state index contributed by atoms with van der Waals surface area (Å²) in [6.07, 6.45) is 7.18. The molecule has 0 radical (unpaired) electrons. The number of halogens is 1. The van der Waals surface area contributed by atoms with Crippen LogP contribution in [0.5, 0.6) is 11.8 Å². The van der Waals surface area contributed by atoms with Gasteiger partial charge >= 0.3 is 0 Å². The Kier molecular flexibility index (Phi) is 2.43. The van der Waals surface area contributed by atoms with Crippen molar-refractivity contribution < 1.29 is 10.2 Å². The van der Waals surface area contributed by atoms with Crippen molar-refractivity contribution >= 4 is 15.9 Å². The van der Waals surface area contributed by atoms with E-state index in [1.807, 2.05) is 24.3 Å². The Morgan fingerprint density at radius 2 is 1.38 bits per heavy atom. The topological polar surface area (TPSA) is 45.4 Å². The molecule has 6 rings (SSSR count). The summed E-state index contributed by atoms with van der Waals surface area (Å²) in [6.45, 7) is 0. The molecule has 6 atom stereocenters. The average molecular weight is 384 g/mol. The van der Waals surface area contributed by atoms with E-state index in [9.17, 15) is 10.2 Å². The Hall–Kier alpha value is -1.68. The first-order valence-corrected chi connectivity index (χ1v) is 9.55. The van der Waals surface area contributed by atoms with E-state index in [4.69, 9.17) is 0 Å². The average Bonchev–Trinajstić information content (AvgIpc) is 3.35. The molecule has 1 heterocycles. The maximum Gasteiger partial charge on any atom is 0.202 e. The molecule has 0 spiro atoms. The molecule has 0 amide bonds. The van der Waals surface area contributed by atoms with Crippen LogP contribution < -0.4 is 0 Å². The lowest BCUT2D eigenvalue weighted by atomic mass is 9.72. The number of hydrogen-bond donors (Lipinski definition) is 2. The molecule has 4 aliphatic carbocycles. The van der Waals surface area contributed by atoms with Crippen molar-refractivity contribution in [2.45, 2.75) is 24.7 Å². The van der Waals surface area contributed by atoms with E-state index in [2.05, 4.69) is 28.1 Å². The smallest absolute Gasteiger partial charge is 0.202 e. The van der Waals surface area contributed by atoms with Crippen LogP contribution in [-0.2, 0) is 0 Å². The van der Waals surface area contributed by atoms with Gasteiger partial charge in [0.05, 0.1) is 5.69 Å². The van der Waals surface area contributed by atoms with E-state index in [-0.39, 0.29) is 11.8 Å². The minimum atomic E-state index is 0.252. The molecular formula is C20H18BrNO2. The summed E-state index contributed by atoms with van der Waals surface area (Å²) in [7, 11) is 0. The SMILES string of the molecule is Oc1c2c(c(O)n1-c1ccc(Br)cc1)C1CC2C2C3C=CC(C3)C12. The summed E-state index contributed by atoms with van der Waals surface area (Å²) in [5, 5.41) is 21.9. The van der Waals surface area contributed by atoms with Crippen LogP contribution in [0.1, 0.15) is 35.8 Å². The van der Waals surface area contributed by atoms with Gasteiger partial charge in [0.25, 0.3) is 0 Å². The first-order chi connectivity index (χ1) is 11.6. The van der Waals surface area contributed by atoms with Crippen molar-refractivity contribution in [2.24, 2.45) is 23.7 Å². The molecule has 6 unspecified atom stereocenters. The third-order valence-electron chi connectivity index (χ3n) is 7.04. The van der Waals surface area contributed by atoms with Crippen molar-refractivity contribution in [3.63, 3.8) is 0 Å². The largest absolute Gasteiger partial charge is 0.494 e. The molecule has 4 bridgehead atoms. The Balaban J connectivity index is 1.54. The second kappa shape index (κ2) is 4.29. The van der Waals surface area contributed by atoms with Crippen molar-refractivity contribution in [1.29, 1.82) is 0 Å². The minimum absolute atomic E-state index is 0.252. The molecule has 122 valence electrons. The van der Waals surface area contributed by atoms with E-state index >= 15 is 0 Å². The lowest BCUT2D eigenvalue weighted by molar-refractivity contribution is 0.298. The number of fused-ring (bicyclic) bond motifs is 12. The van der Waals surface area contributed by atoms with Crippen molar-refractivity contribution in [3.05, 3.63) is 52.0 Å². The monoisotopic (exact) mass is 383 g/mol. The fourth-order valence-electron chi connectivity index (χ4n) is 6.39. The van der Waals surface area contributed by atoms with Gasteiger partial charge in [-0.05, 0) is 72.6 Å². The van der Waals surface area contributed by atoms with Gasteiger partial charge in [-0.1, -0.05) is 28.1 Å². The predicted molar refractivity (Wildman–Crippen MR) is 94.6 cm³/mol. The standard InChI is InChI=1S/C20H18BrNO2/c21-11-3-5-12(6-4-11)22-19(23)17-13-8-14(18(17)20(22)24)16-10-2-1-9(7-10)15(13)16/h1-6,9-10,13-16,23-24H,7-8H2. The summed E-state index contributed by atoms with van der Waals surface area (Å²) < 4.78 is 2.62. The molecule has 1 aromatic carbocycles. The van der Waals surface area contributed by atoms with Gasteiger partial charge in [-0.2, -0.15) is 0 Å². The van der Waals surface area contributed by atoms with Gasteiger partial charge in [0, 0.05) is 15.6 Å². The van der Waals surface area contributed by atoms with Crippen LogP contribution in [0.3, 0.4) is 0 Å². The number of rotatable bonds is 1. The van der Waals surface area contributed by atoms with Gasteiger partial charge < -0.3 is 10.2 Å². The molecule has 3 nitrogen and oxygen atoms in total. The molecule has 4 heteroatoms. The van der Waals surface area contributed by atoms with Crippen LogP contribution in [0.2, 0.25) is 0 Å². The van der Waals surface area contributed by atoms with Crippen molar-refractivity contribution in [3.8, 4) is 17.4 Å². The highest BCUT2D eigenvalue weighted by atomic mass is 79.9. The summed E-state index contributed by atoms with van der Waals surface area (Å²) in [6, 6.07) is 7.72. The number of aromatic hydroxyl groups is 2. The predicted octanol–water partition coefficient (Wildman–Crippen LogP) is 4.67. The zero-order valence-electron chi connectivity index (χ0n) is 13.1. The second-order valence-electron chi connectivity index (χ2n) is 7.84. The van der Waals surface area contributed by atoms with Crippen molar-refractivity contribution in [1.82, 2.24) is 4.57 Å². The van der Waals surface area contributed by atoms with Crippen LogP contribution in [0, 0.1) is 23.7 Å². The number of benzene rings is 1. The van der Waals surface area contributed by atoms with Crippen LogP contribution in [0.15, 0.2) is 40.9 Å². The summed E-state index contributed by atoms with van der Waals surface area (Å²) in [5.74, 6) is 4.04. The lowest BCUT2D eigenvalue weighted by Crippen LogP contribution is -2.24. The highest BCUT2D eigenvalue weighted by Crippen LogP contribution is 2.72. The molecule has 2 saturated carbocycles. The van der Waals surface area contributed by atoms with Crippen LogP contribution in [0.4, 0.5) is 0 Å². The maximum atomic E-state index is 10.9. The quantitative estimate of drug-likeness (QED) is 0.554. The molecular weight excluding hydrogens is 366 g/mol. The molecule has 0 saturated heterocycles. The van der Waals surface area contributed by atoms with Gasteiger partial charge in [0.15, 0.2) is 0 Å². The van der Waals surface area contributed by atoms with E-state index in [1.165, 1.54) is 6.42 Å². The van der Waals surface area contributed by atoms with Crippen LogP contribution in [-0.4, -0.2) is 14.8 Å². The summed E-state index contributed by atoms with van der Waals surface area (Å²) in [4.78, 5) is 0. The first-order valence-electron chi connectivity index (χ1n) is 8.76. The zero-order chi connectivity index (χ0) is 16.2. The number of allylic oxidation sites excluding steroid dienone is 2. The molecule has 0 aliphatic heterocycles. The van der Waals surface area contributed by atoms with E-state index in [0.717, 1.165) is 27.7 Å². The Labute approximate surface area is 148 Å².